The molecule has 1 atom stereocenters. The topological polar surface area (TPSA) is 131 Å². The molecule has 0 aliphatic carbocycles. The highest BCUT2D eigenvalue weighted by Gasteiger charge is 2.35. The average Bonchev–Trinajstić information content (AvgIpc) is 2.83. The van der Waals surface area contributed by atoms with Gasteiger partial charge in [-0.2, -0.15) is 0 Å². The summed E-state index contributed by atoms with van der Waals surface area (Å²) in [6, 6.07) is 11.0. The van der Waals surface area contributed by atoms with Crippen molar-refractivity contribution in [1.82, 2.24) is 10.2 Å². The molecule has 0 saturated heterocycles. The minimum Gasteiger partial charge on any atom is -0.466 e. The number of unbranched alkanes of at least 4 members (excludes halogenated alkanes) is 1. The molecule has 2 N–H and O–H groups in total. The number of methoxy groups -OCH3 is 1. The van der Waals surface area contributed by atoms with Crippen molar-refractivity contribution in [1.29, 1.82) is 0 Å². The van der Waals surface area contributed by atoms with E-state index in [1.165, 1.54) is 31.4 Å². The molecule has 0 bridgehead atoms. The van der Waals surface area contributed by atoms with E-state index < -0.39 is 22.8 Å². The van der Waals surface area contributed by atoms with E-state index >= 15 is 0 Å². The summed E-state index contributed by atoms with van der Waals surface area (Å²) in [5, 5.41) is 16.5. The van der Waals surface area contributed by atoms with Gasteiger partial charge in [-0.15, -0.1) is 0 Å². The molecule has 0 aromatic heterocycles. The summed E-state index contributed by atoms with van der Waals surface area (Å²) in [5.41, 5.74) is 1.94. The fourth-order valence-corrected chi connectivity index (χ4v) is 3.71. The Morgan fingerprint density at radius 1 is 1.21 bits per heavy atom. The number of nitro benzene ring substituents is 1. The minimum absolute atomic E-state index is 0.150. The molecule has 34 heavy (non-hydrogen) atoms. The van der Waals surface area contributed by atoms with Gasteiger partial charge in [0.2, 0.25) is 0 Å². The Labute approximate surface area is 196 Å². The molecule has 10 heteroatoms. The van der Waals surface area contributed by atoms with E-state index in [4.69, 9.17) is 4.74 Å². The van der Waals surface area contributed by atoms with Crippen LogP contribution >= 0.6 is 0 Å². The molecule has 10 nitrogen and oxygen atoms in total. The van der Waals surface area contributed by atoms with Crippen molar-refractivity contribution in [2.75, 3.05) is 19.0 Å². The smallest absolute Gasteiger partial charge is 0.337 e. The summed E-state index contributed by atoms with van der Waals surface area (Å²) in [4.78, 5) is 49.7. The Hall–Kier alpha value is -4.21. The highest BCUT2D eigenvalue weighted by atomic mass is 16.6. The number of hydrogen-bond donors (Lipinski definition) is 2. The van der Waals surface area contributed by atoms with Gasteiger partial charge >= 0.3 is 12.0 Å². The molecule has 3 amide bonds. The van der Waals surface area contributed by atoms with Crippen molar-refractivity contribution in [2.45, 2.75) is 32.7 Å². The second-order valence-electron chi connectivity index (χ2n) is 7.76. The van der Waals surface area contributed by atoms with Crippen molar-refractivity contribution in [3.8, 4) is 0 Å². The fourth-order valence-electron chi connectivity index (χ4n) is 3.71. The molecule has 3 rings (SSSR count). The van der Waals surface area contributed by atoms with Gasteiger partial charge in [0.15, 0.2) is 0 Å². The van der Waals surface area contributed by atoms with E-state index in [0.29, 0.717) is 29.1 Å². The van der Waals surface area contributed by atoms with E-state index in [0.717, 1.165) is 12.8 Å². The number of ether oxygens (including phenoxy) is 1. The number of esters is 1. The van der Waals surface area contributed by atoms with Crippen LogP contribution in [0.1, 0.15) is 48.7 Å². The monoisotopic (exact) mass is 466 g/mol. The lowest BCUT2D eigenvalue weighted by atomic mass is 9.94. The van der Waals surface area contributed by atoms with Gasteiger partial charge in [0.25, 0.3) is 11.6 Å². The standard InChI is InChI=1S/C24H26N4O6/c1-4-5-13-27-15(2)20(23(30)34-3)21(26-24(27)31)16-9-11-18(12-10-16)25-22(29)17-7-6-8-19(14-17)28(32)33/h6-12,14,21H,4-5,13H2,1-3H3,(H,25,29)(H,26,31). The van der Waals surface area contributed by atoms with Crippen LogP contribution < -0.4 is 10.6 Å². The number of rotatable bonds is 8. The Kier molecular flexibility index (Phi) is 7.62. The second-order valence-corrected chi connectivity index (χ2v) is 7.76. The summed E-state index contributed by atoms with van der Waals surface area (Å²) in [5.74, 6) is -1.04. The van der Waals surface area contributed by atoms with Gasteiger partial charge in [-0.1, -0.05) is 31.5 Å². The van der Waals surface area contributed by atoms with E-state index in [1.807, 2.05) is 6.92 Å². The van der Waals surface area contributed by atoms with Gasteiger partial charge in [-0.05, 0) is 37.1 Å². The molecule has 0 fully saturated rings. The van der Waals surface area contributed by atoms with Crippen LogP contribution in [0, 0.1) is 10.1 Å². The molecule has 1 heterocycles. The zero-order valence-corrected chi connectivity index (χ0v) is 19.2. The molecule has 2 aromatic carbocycles. The first kappa shape index (κ1) is 24.4. The summed E-state index contributed by atoms with van der Waals surface area (Å²) < 4.78 is 4.97. The van der Waals surface area contributed by atoms with Crippen LogP contribution in [0.3, 0.4) is 0 Å². The van der Waals surface area contributed by atoms with Crippen LogP contribution in [-0.4, -0.2) is 41.4 Å². The summed E-state index contributed by atoms with van der Waals surface area (Å²) in [6.45, 7) is 4.23. The van der Waals surface area contributed by atoms with Gasteiger partial charge in [0.05, 0.1) is 23.6 Å². The number of amides is 3. The van der Waals surface area contributed by atoms with Crippen molar-refractivity contribution in [3.63, 3.8) is 0 Å². The molecule has 178 valence electrons. The highest BCUT2D eigenvalue weighted by molar-refractivity contribution is 6.04. The summed E-state index contributed by atoms with van der Waals surface area (Å²) in [7, 11) is 1.29. The quantitative estimate of drug-likeness (QED) is 0.341. The molecule has 1 aliphatic heterocycles. The maximum Gasteiger partial charge on any atom is 0.337 e. The van der Waals surface area contributed by atoms with E-state index in [2.05, 4.69) is 10.6 Å². The maximum atomic E-state index is 12.7. The van der Waals surface area contributed by atoms with E-state index in [9.17, 15) is 24.5 Å². The van der Waals surface area contributed by atoms with E-state index in [-0.39, 0.29) is 17.3 Å². The first-order chi connectivity index (χ1) is 16.3. The molecule has 1 unspecified atom stereocenters. The number of urea groups is 1. The Bertz CT molecular complexity index is 1140. The zero-order valence-electron chi connectivity index (χ0n) is 19.2. The Morgan fingerprint density at radius 3 is 2.53 bits per heavy atom. The van der Waals surface area contributed by atoms with Crippen molar-refractivity contribution in [2.24, 2.45) is 0 Å². The lowest BCUT2D eigenvalue weighted by Crippen LogP contribution is -2.48. The normalized spacial score (nSPS) is 15.6. The largest absolute Gasteiger partial charge is 0.466 e. The van der Waals surface area contributed by atoms with Crippen molar-refractivity contribution in [3.05, 3.63) is 81.0 Å². The number of carbonyl (C=O) groups is 3. The van der Waals surface area contributed by atoms with Gasteiger partial charge in [-0.25, -0.2) is 9.59 Å². The number of nitrogens with zero attached hydrogens (tertiary/aromatic N) is 2. The SMILES string of the molecule is CCCCN1C(=O)NC(c2ccc(NC(=O)c3cccc([N+](=O)[O-])c3)cc2)C(C(=O)OC)=C1C. The first-order valence-electron chi connectivity index (χ1n) is 10.8. The van der Waals surface area contributed by atoms with Gasteiger partial charge in [0, 0.05) is 35.6 Å². The van der Waals surface area contributed by atoms with Gasteiger partial charge in [0.1, 0.15) is 0 Å². The van der Waals surface area contributed by atoms with Crippen LogP contribution in [0.5, 0.6) is 0 Å². The number of nitro groups is 1. The van der Waals surface area contributed by atoms with Crippen LogP contribution in [0.4, 0.5) is 16.2 Å². The third kappa shape index (κ3) is 5.22. The third-order valence-electron chi connectivity index (χ3n) is 5.56. The number of hydrogen-bond acceptors (Lipinski definition) is 6. The average molecular weight is 466 g/mol. The Balaban J connectivity index is 1.83. The molecule has 0 radical (unpaired) electrons. The fraction of sp³-hybridized carbons (Fsp3) is 0.292. The maximum absolute atomic E-state index is 12.7. The minimum atomic E-state index is -0.709. The second kappa shape index (κ2) is 10.6. The third-order valence-corrected chi connectivity index (χ3v) is 5.56. The number of nitrogens with one attached hydrogen (secondary N) is 2. The molecule has 0 saturated carbocycles. The van der Waals surface area contributed by atoms with Crippen LogP contribution in [-0.2, 0) is 9.53 Å². The van der Waals surface area contributed by atoms with Crippen molar-refractivity contribution >= 4 is 29.3 Å². The number of allylic oxidation sites excluding steroid dienone is 1. The van der Waals surface area contributed by atoms with Gasteiger partial charge < -0.3 is 15.4 Å². The van der Waals surface area contributed by atoms with Crippen LogP contribution in [0.2, 0.25) is 0 Å². The number of carbonyl (C=O) groups excluding carboxylic acids is 3. The number of anilines is 1. The molecule has 0 spiro atoms. The summed E-state index contributed by atoms with van der Waals surface area (Å²) >= 11 is 0. The number of non-ortho nitro benzene ring substituents is 1. The predicted molar refractivity (Wildman–Crippen MR) is 125 cm³/mol. The first-order valence-corrected chi connectivity index (χ1v) is 10.8. The van der Waals surface area contributed by atoms with Gasteiger partial charge in [-0.3, -0.25) is 19.8 Å². The lowest BCUT2D eigenvalue weighted by Gasteiger charge is -2.35. The molecule has 2 aromatic rings. The predicted octanol–water partition coefficient (Wildman–Crippen LogP) is 4.16. The Morgan fingerprint density at radius 2 is 1.91 bits per heavy atom. The van der Waals surface area contributed by atoms with E-state index in [1.54, 1.807) is 36.1 Å². The highest BCUT2D eigenvalue weighted by Crippen LogP contribution is 2.32. The molecular formula is C24H26N4O6. The van der Waals surface area contributed by atoms with Crippen molar-refractivity contribution < 1.29 is 24.0 Å². The number of benzene rings is 2. The molecular weight excluding hydrogens is 440 g/mol. The van der Waals surface area contributed by atoms with Crippen LogP contribution in [0.15, 0.2) is 59.8 Å². The van der Waals surface area contributed by atoms with Crippen LogP contribution in [0.25, 0.3) is 0 Å². The lowest BCUT2D eigenvalue weighted by molar-refractivity contribution is -0.384. The zero-order chi connectivity index (χ0) is 24.8. The summed E-state index contributed by atoms with van der Waals surface area (Å²) in [6.07, 6.45) is 1.69. The molecule has 1 aliphatic rings.